The maximum atomic E-state index is 11.6. The molecular weight excluding hydrogens is 244 g/mol. The predicted octanol–water partition coefficient (Wildman–Crippen LogP) is 0.0308. The number of hydrogen-bond acceptors (Lipinski definition) is 3. The zero-order chi connectivity index (χ0) is 13.3. The minimum absolute atomic E-state index is 0.0466. The molecule has 0 aromatic heterocycles. The normalized spacial score (nSPS) is 11.4. The van der Waals surface area contributed by atoms with Gasteiger partial charge in [-0.3, -0.25) is 4.79 Å². The third-order valence-corrected chi connectivity index (χ3v) is 3.66. The molecule has 0 aliphatic heterocycles. The van der Waals surface area contributed by atoms with Gasteiger partial charge in [0, 0.05) is 26.6 Å². The van der Waals surface area contributed by atoms with Gasteiger partial charge in [0.2, 0.25) is 0 Å². The molecule has 6 nitrogen and oxygen atoms in total. The van der Waals surface area contributed by atoms with E-state index < -0.39 is 16.2 Å². The zero-order valence-corrected chi connectivity index (χ0v) is 10.7. The molecule has 0 amide bonds. The van der Waals surface area contributed by atoms with Crippen LogP contribution in [0.1, 0.15) is 25.7 Å². The van der Waals surface area contributed by atoms with Crippen LogP contribution in [0.4, 0.5) is 0 Å². The summed E-state index contributed by atoms with van der Waals surface area (Å²) in [7, 11) is -2.23. The van der Waals surface area contributed by atoms with E-state index in [4.69, 9.17) is 11.5 Å². The monoisotopic (exact) mass is 262 g/mol. The summed E-state index contributed by atoms with van der Waals surface area (Å²) in [5, 5.41) is 8.44. The second-order valence-electron chi connectivity index (χ2n) is 3.53. The number of aliphatic carboxylic acids is 1. The van der Waals surface area contributed by atoms with Gasteiger partial charge in [-0.05, 0) is 12.8 Å². The Kier molecular flexibility index (Phi) is 7.54. The molecule has 0 fully saturated rings. The molecule has 0 saturated heterocycles. The lowest BCUT2D eigenvalue weighted by Gasteiger charge is -2.16. The summed E-state index contributed by atoms with van der Waals surface area (Å²) < 4.78 is 26.5. The van der Waals surface area contributed by atoms with E-state index in [9.17, 15) is 13.2 Å². The number of rotatable bonds is 9. The van der Waals surface area contributed by atoms with Crippen LogP contribution in [-0.4, -0.2) is 43.9 Å². The van der Waals surface area contributed by atoms with Crippen molar-refractivity contribution in [1.29, 1.82) is 0 Å². The number of carbonyl (C=O) groups is 1. The van der Waals surface area contributed by atoms with Gasteiger partial charge in [-0.2, -0.15) is 12.7 Å². The second-order valence-corrected chi connectivity index (χ2v) is 5.39. The van der Waals surface area contributed by atoms with Crippen molar-refractivity contribution in [3.05, 3.63) is 0 Å². The lowest BCUT2D eigenvalue weighted by molar-refractivity contribution is -0.137. The molecule has 0 aliphatic carbocycles. The first-order chi connectivity index (χ1) is 7.90. The molecule has 0 atom stereocenters. The molecule has 0 heterocycles. The molecule has 0 rings (SSSR count). The van der Waals surface area contributed by atoms with E-state index in [0.717, 1.165) is 10.7 Å². The van der Waals surface area contributed by atoms with Crippen LogP contribution in [0.3, 0.4) is 0 Å². The summed E-state index contributed by atoms with van der Waals surface area (Å²) in [5.41, 5.74) is 0. The second kappa shape index (κ2) is 8.06. The van der Waals surface area contributed by atoms with E-state index in [2.05, 4.69) is 10.6 Å². The van der Waals surface area contributed by atoms with Gasteiger partial charge in [-0.25, -0.2) is 4.72 Å². The molecule has 2 N–H and O–H groups in total. The topological polar surface area (TPSA) is 86.7 Å². The molecule has 0 unspecified atom stereocenters. The van der Waals surface area contributed by atoms with Crippen LogP contribution >= 0.6 is 0 Å². The summed E-state index contributed by atoms with van der Waals surface area (Å²) >= 11 is 0. The Hall–Kier alpha value is -1.10. The summed E-state index contributed by atoms with van der Waals surface area (Å²) in [4.78, 5) is 10.3. The zero-order valence-electron chi connectivity index (χ0n) is 9.85. The van der Waals surface area contributed by atoms with Crippen molar-refractivity contribution in [2.75, 3.05) is 20.1 Å². The number of unbranched alkanes of at least 4 members (excludes halogenated alkanes) is 2. The highest BCUT2D eigenvalue weighted by Crippen LogP contribution is 1.98. The Labute approximate surface area is 102 Å². The Bertz CT molecular complexity index is 372. The molecular formula is C10H18N2O4S. The fourth-order valence-corrected chi connectivity index (χ4v) is 1.99. The molecule has 0 radical (unpaired) electrons. The van der Waals surface area contributed by atoms with Gasteiger partial charge in [-0.1, -0.05) is 0 Å². The minimum Gasteiger partial charge on any atom is -0.481 e. The van der Waals surface area contributed by atoms with Crippen LogP contribution in [0.2, 0.25) is 0 Å². The molecule has 0 aromatic rings. The molecule has 0 saturated carbocycles. The fourth-order valence-electron chi connectivity index (χ4n) is 1.04. The van der Waals surface area contributed by atoms with Crippen molar-refractivity contribution in [3.63, 3.8) is 0 Å². The van der Waals surface area contributed by atoms with E-state index in [1.165, 1.54) is 7.05 Å². The average Bonchev–Trinajstić information content (AvgIpc) is 2.25. The van der Waals surface area contributed by atoms with Crippen molar-refractivity contribution in [2.45, 2.75) is 25.7 Å². The van der Waals surface area contributed by atoms with Crippen molar-refractivity contribution >= 4 is 16.2 Å². The van der Waals surface area contributed by atoms with Crippen molar-refractivity contribution in [3.8, 4) is 12.3 Å². The van der Waals surface area contributed by atoms with Crippen LogP contribution in [0, 0.1) is 12.3 Å². The van der Waals surface area contributed by atoms with Crippen LogP contribution < -0.4 is 4.72 Å². The first-order valence-corrected chi connectivity index (χ1v) is 6.70. The van der Waals surface area contributed by atoms with E-state index in [0.29, 0.717) is 19.4 Å². The summed E-state index contributed by atoms with van der Waals surface area (Å²) in [6, 6.07) is 0. The maximum absolute atomic E-state index is 11.6. The Morgan fingerprint density at radius 1 is 1.47 bits per heavy atom. The molecule has 0 aromatic carbocycles. The first kappa shape index (κ1) is 15.9. The van der Waals surface area contributed by atoms with Crippen molar-refractivity contribution < 1.29 is 18.3 Å². The standard InChI is InChI=1S/C10H18N2O4S/c1-3-4-5-6-8-11-17(15,16)12(2)9-7-10(13)14/h1,11H,4-9H2,2H3,(H,13,14). The van der Waals surface area contributed by atoms with Gasteiger partial charge < -0.3 is 5.11 Å². The highest BCUT2D eigenvalue weighted by atomic mass is 32.2. The van der Waals surface area contributed by atoms with Gasteiger partial charge in [-0.15, -0.1) is 12.3 Å². The van der Waals surface area contributed by atoms with E-state index in [-0.39, 0.29) is 13.0 Å². The van der Waals surface area contributed by atoms with Crippen molar-refractivity contribution in [1.82, 2.24) is 9.03 Å². The van der Waals surface area contributed by atoms with Gasteiger partial charge in [0.1, 0.15) is 0 Å². The maximum Gasteiger partial charge on any atom is 0.304 e. The largest absolute Gasteiger partial charge is 0.481 e. The van der Waals surface area contributed by atoms with Crippen LogP contribution in [0.5, 0.6) is 0 Å². The fraction of sp³-hybridized carbons (Fsp3) is 0.700. The van der Waals surface area contributed by atoms with E-state index in [1.807, 2.05) is 0 Å². The quantitative estimate of drug-likeness (QED) is 0.453. The number of nitrogens with one attached hydrogen (secondary N) is 1. The highest BCUT2D eigenvalue weighted by Gasteiger charge is 2.17. The number of terminal acetylenes is 1. The SMILES string of the molecule is C#CCCCCNS(=O)(=O)N(C)CCC(=O)O. The predicted molar refractivity (Wildman–Crippen MR) is 64.5 cm³/mol. The lowest BCUT2D eigenvalue weighted by atomic mass is 10.2. The van der Waals surface area contributed by atoms with Crippen LogP contribution in [0.15, 0.2) is 0 Å². The van der Waals surface area contributed by atoms with E-state index >= 15 is 0 Å². The van der Waals surface area contributed by atoms with Gasteiger partial charge in [0.25, 0.3) is 10.2 Å². The summed E-state index contributed by atoms with van der Waals surface area (Å²) in [5.74, 6) is 1.44. The van der Waals surface area contributed by atoms with E-state index in [1.54, 1.807) is 0 Å². The molecule has 0 aliphatic rings. The molecule has 98 valence electrons. The average molecular weight is 262 g/mol. The summed E-state index contributed by atoms with van der Waals surface area (Å²) in [6.45, 7) is 0.260. The van der Waals surface area contributed by atoms with Gasteiger partial charge in [0.15, 0.2) is 0 Å². The Morgan fingerprint density at radius 3 is 2.65 bits per heavy atom. The highest BCUT2D eigenvalue weighted by molar-refractivity contribution is 7.87. The molecule has 7 heteroatoms. The lowest BCUT2D eigenvalue weighted by Crippen LogP contribution is -2.39. The smallest absolute Gasteiger partial charge is 0.304 e. The molecule has 17 heavy (non-hydrogen) atoms. The van der Waals surface area contributed by atoms with Crippen molar-refractivity contribution in [2.24, 2.45) is 0 Å². The number of carboxylic acid groups (broad SMARTS) is 1. The number of carboxylic acids is 1. The number of nitrogens with zero attached hydrogens (tertiary/aromatic N) is 1. The molecule has 0 bridgehead atoms. The van der Waals surface area contributed by atoms with Gasteiger partial charge >= 0.3 is 5.97 Å². The third-order valence-electron chi connectivity index (χ3n) is 2.08. The Morgan fingerprint density at radius 2 is 2.12 bits per heavy atom. The Balaban J connectivity index is 3.93. The minimum atomic E-state index is -3.57. The summed E-state index contributed by atoms with van der Waals surface area (Å²) in [6.07, 6.45) is 6.89. The first-order valence-electron chi connectivity index (χ1n) is 5.26. The number of hydrogen-bond donors (Lipinski definition) is 2. The third kappa shape index (κ3) is 7.74. The molecule has 0 spiro atoms. The van der Waals surface area contributed by atoms with Crippen LogP contribution in [-0.2, 0) is 15.0 Å². The van der Waals surface area contributed by atoms with Crippen LogP contribution in [0.25, 0.3) is 0 Å². The van der Waals surface area contributed by atoms with Gasteiger partial charge in [0.05, 0.1) is 6.42 Å².